The van der Waals surface area contributed by atoms with E-state index in [4.69, 9.17) is 0 Å². The molecule has 1 amide bonds. The largest absolute Gasteiger partial charge is 0.355 e. The first-order chi connectivity index (χ1) is 11.5. The maximum Gasteiger partial charge on any atom is 0.251 e. The number of benzene rings is 1. The van der Waals surface area contributed by atoms with Gasteiger partial charge in [-0.25, -0.2) is 8.42 Å². The van der Waals surface area contributed by atoms with Crippen LogP contribution >= 0.6 is 0 Å². The Morgan fingerprint density at radius 2 is 1.96 bits per heavy atom. The molecule has 126 valence electrons. The first-order valence-electron chi connectivity index (χ1n) is 7.75. The van der Waals surface area contributed by atoms with E-state index in [0.29, 0.717) is 12.1 Å². The predicted octanol–water partition coefficient (Wildman–Crippen LogP) is 1.79. The quantitative estimate of drug-likeness (QED) is 0.866. The number of sulfonamides is 1. The molecular weight excluding hydrogens is 326 g/mol. The van der Waals surface area contributed by atoms with Gasteiger partial charge < -0.3 is 5.32 Å². The van der Waals surface area contributed by atoms with Crippen LogP contribution in [0.5, 0.6) is 0 Å². The molecule has 1 heterocycles. The summed E-state index contributed by atoms with van der Waals surface area (Å²) < 4.78 is 27.5. The molecule has 2 aromatic rings. The van der Waals surface area contributed by atoms with Crippen molar-refractivity contribution in [3.05, 3.63) is 59.9 Å². The van der Waals surface area contributed by atoms with Crippen LogP contribution in [0.2, 0.25) is 0 Å². The SMILES string of the molecule is CNC(=O)c1ccc(S(=O)(=O)N(Cc2cccnc2)C2CC2)cc1. The minimum atomic E-state index is -3.61. The van der Waals surface area contributed by atoms with Gasteiger partial charge in [-0.05, 0) is 48.7 Å². The molecule has 0 unspecified atom stereocenters. The molecule has 7 heteroatoms. The zero-order valence-corrected chi connectivity index (χ0v) is 14.2. The summed E-state index contributed by atoms with van der Waals surface area (Å²) in [5.41, 5.74) is 1.29. The maximum absolute atomic E-state index is 13.0. The number of amides is 1. The molecule has 0 spiro atoms. The van der Waals surface area contributed by atoms with Crippen LogP contribution in [0.1, 0.15) is 28.8 Å². The van der Waals surface area contributed by atoms with Crippen molar-refractivity contribution in [1.82, 2.24) is 14.6 Å². The van der Waals surface area contributed by atoms with Crippen LogP contribution in [0.4, 0.5) is 0 Å². The Hall–Kier alpha value is -2.25. The molecule has 0 bridgehead atoms. The Labute approximate surface area is 141 Å². The van der Waals surface area contributed by atoms with E-state index in [9.17, 15) is 13.2 Å². The molecule has 0 aliphatic heterocycles. The van der Waals surface area contributed by atoms with E-state index < -0.39 is 10.0 Å². The molecule has 1 aromatic carbocycles. The van der Waals surface area contributed by atoms with Gasteiger partial charge in [0.15, 0.2) is 0 Å². The normalized spacial score (nSPS) is 14.6. The number of hydrogen-bond donors (Lipinski definition) is 1. The van der Waals surface area contributed by atoms with E-state index in [1.54, 1.807) is 18.5 Å². The highest BCUT2D eigenvalue weighted by Crippen LogP contribution is 2.33. The third-order valence-electron chi connectivity index (χ3n) is 3.97. The smallest absolute Gasteiger partial charge is 0.251 e. The first-order valence-corrected chi connectivity index (χ1v) is 9.19. The number of aromatic nitrogens is 1. The standard InChI is InChI=1S/C17H19N3O3S/c1-18-17(21)14-4-8-16(9-5-14)24(22,23)20(15-6-7-15)12-13-3-2-10-19-11-13/h2-5,8-11,15H,6-7,12H2,1H3,(H,18,21). The van der Waals surface area contributed by atoms with Crippen molar-refractivity contribution in [1.29, 1.82) is 0 Å². The fourth-order valence-corrected chi connectivity index (χ4v) is 4.18. The van der Waals surface area contributed by atoms with Gasteiger partial charge in [0.25, 0.3) is 5.91 Å². The van der Waals surface area contributed by atoms with Gasteiger partial charge in [-0.1, -0.05) is 6.07 Å². The van der Waals surface area contributed by atoms with Crippen molar-refractivity contribution in [2.45, 2.75) is 30.3 Å². The number of rotatable bonds is 6. The molecule has 1 N–H and O–H groups in total. The van der Waals surface area contributed by atoms with E-state index in [1.807, 2.05) is 6.07 Å². The zero-order chi connectivity index (χ0) is 17.2. The maximum atomic E-state index is 13.0. The van der Waals surface area contributed by atoms with Gasteiger partial charge >= 0.3 is 0 Å². The fraction of sp³-hybridized carbons (Fsp3) is 0.294. The van der Waals surface area contributed by atoms with Gasteiger partial charge in [-0.3, -0.25) is 9.78 Å². The second-order valence-electron chi connectivity index (χ2n) is 5.75. The van der Waals surface area contributed by atoms with E-state index in [-0.39, 0.29) is 16.8 Å². The molecule has 3 rings (SSSR count). The lowest BCUT2D eigenvalue weighted by Crippen LogP contribution is -2.32. The molecule has 1 aromatic heterocycles. The molecule has 0 atom stereocenters. The fourth-order valence-electron chi connectivity index (χ4n) is 2.50. The monoisotopic (exact) mass is 345 g/mol. The van der Waals surface area contributed by atoms with Crippen LogP contribution in [-0.4, -0.2) is 36.7 Å². The third-order valence-corrected chi connectivity index (χ3v) is 5.88. The molecule has 0 saturated heterocycles. The van der Waals surface area contributed by atoms with Crippen molar-refractivity contribution >= 4 is 15.9 Å². The van der Waals surface area contributed by atoms with E-state index in [1.165, 1.54) is 35.6 Å². The second kappa shape index (κ2) is 6.70. The van der Waals surface area contributed by atoms with Crippen molar-refractivity contribution in [3.8, 4) is 0 Å². The molecule has 0 radical (unpaired) electrons. The van der Waals surface area contributed by atoms with Gasteiger partial charge in [0.2, 0.25) is 10.0 Å². The van der Waals surface area contributed by atoms with Crippen molar-refractivity contribution in [3.63, 3.8) is 0 Å². The average Bonchev–Trinajstić information content (AvgIpc) is 3.44. The second-order valence-corrected chi connectivity index (χ2v) is 7.64. The number of carbonyl (C=O) groups is 1. The van der Waals surface area contributed by atoms with Crippen molar-refractivity contribution in [2.24, 2.45) is 0 Å². The Balaban J connectivity index is 1.87. The summed E-state index contributed by atoms with van der Waals surface area (Å²) in [4.78, 5) is 15.8. The predicted molar refractivity (Wildman–Crippen MR) is 89.8 cm³/mol. The van der Waals surface area contributed by atoms with Gasteiger partial charge in [0.1, 0.15) is 0 Å². The Morgan fingerprint density at radius 3 is 2.50 bits per heavy atom. The summed E-state index contributed by atoms with van der Waals surface area (Å²) in [6.45, 7) is 0.304. The Morgan fingerprint density at radius 1 is 1.25 bits per heavy atom. The topological polar surface area (TPSA) is 79.4 Å². The highest BCUT2D eigenvalue weighted by Gasteiger charge is 2.38. The minimum absolute atomic E-state index is 0.0359. The van der Waals surface area contributed by atoms with Crippen molar-refractivity contribution < 1.29 is 13.2 Å². The summed E-state index contributed by atoms with van der Waals surface area (Å²) in [7, 11) is -2.07. The highest BCUT2D eigenvalue weighted by molar-refractivity contribution is 7.89. The van der Waals surface area contributed by atoms with Crippen LogP contribution in [-0.2, 0) is 16.6 Å². The first kappa shape index (κ1) is 16.6. The summed E-state index contributed by atoms with van der Waals surface area (Å²) in [5.74, 6) is -0.242. The van der Waals surface area contributed by atoms with Crippen LogP contribution in [0, 0.1) is 0 Å². The number of hydrogen-bond acceptors (Lipinski definition) is 4. The molecule has 1 saturated carbocycles. The Kier molecular flexibility index (Phi) is 4.64. The lowest BCUT2D eigenvalue weighted by molar-refractivity contribution is 0.0963. The summed E-state index contributed by atoms with van der Waals surface area (Å²) >= 11 is 0. The molecule has 24 heavy (non-hydrogen) atoms. The number of nitrogens with one attached hydrogen (secondary N) is 1. The number of nitrogens with zero attached hydrogens (tertiary/aromatic N) is 2. The van der Waals surface area contributed by atoms with Gasteiger partial charge in [0, 0.05) is 37.6 Å². The van der Waals surface area contributed by atoms with Crippen molar-refractivity contribution in [2.75, 3.05) is 7.05 Å². The summed E-state index contributed by atoms with van der Waals surface area (Å²) in [6, 6.07) is 9.73. The molecule has 1 aliphatic rings. The highest BCUT2D eigenvalue weighted by atomic mass is 32.2. The molecule has 1 aliphatic carbocycles. The summed E-state index contributed by atoms with van der Waals surface area (Å²) in [5, 5.41) is 2.52. The molecule has 6 nitrogen and oxygen atoms in total. The van der Waals surface area contributed by atoms with E-state index >= 15 is 0 Å². The van der Waals surface area contributed by atoms with E-state index in [0.717, 1.165) is 18.4 Å². The van der Waals surface area contributed by atoms with E-state index in [2.05, 4.69) is 10.3 Å². The molecular formula is C17H19N3O3S. The van der Waals surface area contributed by atoms with Gasteiger partial charge in [-0.15, -0.1) is 0 Å². The summed E-state index contributed by atoms with van der Waals surface area (Å²) in [6.07, 6.45) is 5.09. The Bertz CT molecular complexity index is 816. The lowest BCUT2D eigenvalue weighted by atomic mass is 10.2. The van der Waals surface area contributed by atoms with Crippen LogP contribution in [0.3, 0.4) is 0 Å². The van der Waals surface area contributed by atoms with Crippen LogP contribution < -0.4 is 5.32 Å². The third kappa shape index (κ3) is 3.47. The lowest BCUT2D eigenvalue weighted by Gasteiger charge is -2.22. The molecule has 1 fully saturated rings. The number of pyridine rings is 1. The van der Waals surface area contributed by atoms with Gasteiger partial charge in [0.05, 0.1) is 4.90 Å². The van der Waals surface area contributed by atoms with Gasteiger partial charge in [-0.2, -0.15) is 4.31 Å². The average molecular weight is 345 g/mol. The van der Waals surface area contributed by atoms with Crippen LogP contribution in [0.25, 0.3) is 0 Å². The van der Waals surface area contributed by atoms with Crippen LogP contribution in [0.15, 0.2) is 53.7 Å². The minimum Gasteiger partial charge on any atom is -0.355 e. The number of carbonyl (C=O) groups excluding carboxylic acids is 1. The zero-order valence-electron chi connectivity index (χ0n) is 13.3.